The molecule has 2 heterocycles. The lowest BCUT2D eigenvalue weighted by molar-refractivity contribution is 0.0940. The van der Waals surface area contributed by atoms with Crippen LogP contribution in [0.15, 0.2) is 85.5 Å². The zero-order valence-corrected chi connectivity index (χ0v) is 16.9. The lowest BCUT2D eigenvalue weighted by Crippen LogP contribution is -2.31. The van der Waals surface area contributed by atoms with Crippen molar-refractivity contribution in [1.29, 1.82) is 0 Å². The minimum absolute atomic E-state index is 0.288. The van der Waals surface area contributed by atoms with Crippen molar-refractivity contribution in [2.24, 2.45) is 7.05 Å². The van der Waals surface area contributed by atoms with Gasteiger partial charge in [-0.1, -0.05) is 24.3 Å². The second kappa shape index (κ2) is 9.21. The molecule has 2 aromatic carbocycles. The van der Waals surface area contributed by atoms with E-state index >= 15 is 0 Å². The average molecular weight is 416 g/mol. The molecule has 4 aromatic rings. The van der Waals surface area contributed by atoms with Gasteiger partial charge in [0.25, 0.3) is 5.91 Å². The van der Waals surface area contributed by atoms with E-state index in [0.717, 1.165) is 11.1 Å². The maximum atomic E-state index is 13.4. The number of carbonyl (C=O) groups excluding carboxylic acids is 1. The molecule has 31 heavy (non-hydrogen) atoms. The number of aryl methyl sites for hydroxylation is 1. The maximum Gasteiger partial charge on any atom is 0.252 e. The van der Waals surface area contributed by atoms with E-state index in [1.165, 1.54) is 12.1 Å². The van der Waals surface area contributed by atoms with Crippen LogP contribution in [0.25, 0.3) is 0 Å². The summed E-state index contributed by atoms with van der Waals surface area (Å²) in [5.41, 5.74) is 2.11. The molecule has 1 atom stereocenters. The highest BCUT2D eigenvalue weighted by Gasteiger charge is 2.21. The summed E-state index contributed by atoms with van der Waals surface area (Å²) in [4.78, 5) is 21.5. The molecule has 6 nitrogen and oxygen atoms in total. The number of ether oxygens (including phenoxy) is 1. The number of aromatic nitrogens is 3. The van der Waals surface area contributed by atoms with Gasteiger partial charge in [0.2, 0.25) is 0 Å². The molecule has 0 aliphatic heterocycles. The Balaban J connectivity index is 1.53. The van der Waals surface area contributed by atoms with Crippen LogP contribution in [0.4, 0.5) is 4.39 Å². The highest BCUT2D eigenvalue weighted by Crippen LogP contribution is 2.22. The summed E-state index contributed by atoms with van der Waals surface area (Å²) < 4.78 is 21.0. The maximum absolute atomic E-state index is 13.4. The van der Waals surface area contributed by atoms with E-state index in [9.17, 15) is 9.18 Å². The SMILES string of the molecule is Cn1ccnc1C(NC(=O)c1cccc(OCc2cccnc2)c1)c1ccc(F)cc1. The molecule has 0 saturated carbocycles. The van der Waals surface area contributed by atoms with Crippen LogP contribution in [0, 0.1) is 5.82 Å². The first-order valence-electron chi connectivity index (χ1n) is 9.75. The number of hydrogen-bond acceptors (Lipinski definition) is 4. The first-order valence-corrected chi connectivity index (χ1v) is 9.75. The summed E-state index contributed by atoms with van der Waals surface area (Å²) in [7, 11) is 1.85. The Morgan fingerprint density at radius 3 is 2.68 bits per heavy atom. The van der Waals surface area contributed by atoms with Gasteiger partial charge in [0.15, 0.2) is 0 Å². The van der Waals surface area contributed by atoms with E-state index in [-0.39, 0.29) is 11.7 Å². The summed E-state index contributed by atoms with van der Waals surface area (Å²) in [6.45, 7) is 0.352. The molecular formula is C24H21FN4O2. The molecule has 0 fully saturated rings. The van der Waals surface area contributed by atoms with Crippen molar-refractivity contribution < 1.29 is 13.9 Å². The molecule has 0 saturated heterocycles. The lowest BCUT2D eigenvalue weighted by Gasteiger charge is -2.19. The van der Waals surface area contributed by atoms with Crippen LogP contribution in [0.5, 0.6) is 5.75 Å². The molecule has 0 aliphatic carbocycles. The summed E-state index contributed by atoms with van der Waals surface area (Å²) in [6.07, 6.45) is 6.89. The Labute approximate surface area is 179 Å². The van der Waals surface area contributed by atoms with E-state index in [0.29, 0.717) is 23.7 Å². The molecule has 0 bridgehead atoms. The molecule has 7 heteroatoms. The van der Waals surface area contributed by atoms with Gasteiger partial charge >= 0.3 is 0 Å². The van der Waals surface area contributed by atoms with Gasteiger partial charge in [-0.3, -0.25) is 9.78 Å². The highest BCUT2D eigenvalue weighted by molar-refractivity contribution is 5.95. The van der Waals surface area contributed by atoms with Crippen LogP contribution in [-0.2, 0) is 13.7 Å². The second-order valence-corrected chi connectivity index (χ2v) is 7.03. The molecule has 4 rings (SSSR count). The molecule has 1 N–H and O–H groups in total. The van der Waals surface area contributed by atoms with Crippen molar-refractivity contribution in [3.05, 3.63) is 114 Å². The topological polar surface area (TPSA) is 69.0 Å². The van der Waals surface area contributed by atoms with Crippen LogP contribution >= 0.6 is 0 Å². The van der Waals surface area contributed by atoms with Crippen molar-refractivity contribution in [3.8, 4) is 5.75 Å². The molecule has 2 aromatic heterocycles. The van der Waals surface area contributed by atoms with Crippen LogP contribution < -0.4 is 10.1 Å². The number of hydrogen-bond donors (Lipinski definition) is 1. The zero-order valence-electron chi connectivity index (χ0n) is 16.9. The molecule has 1 amide bonds. The van der Waals surface area contributed by atoms with Crippen molar-refractivity contribution in [3.63, 3.8) is 0 Å². The van der Waals surface area contributed by atoms with Crippen LogP contribution in [0.3, 0.4) is 0 Å². The highest BCUT2D eigenvalue weighted by atomic mass is 19.1. The predicted molar refractivity (Wildman–Crippen MR) is 114 cm³/mol. The zero-order chi connectivity index (χ0) is 21.6. The minimum atomic E-state index is -0.534. The van der Waals surface area contributed by atoms with E-state index < -0.39 is 6.04 Å². The Kier molecular flexibility index (Phi) is 6.03. The predicted octanol–water partition coefficient (Wildman–Crippen LogP) is 4.05. The van der Waals surface area contributed by atoms with E-state index in [1.807, 2.05) is 23.7 Å². The third-order valence-electron chi connectivity index (χ3n) is 4.82. The standard InChI is InChI=1S/C24H21FN4O2/c1-29-13-12-27-23(29)22(18-7-9-20(25)10-8-18)28-24(30)19-5-2-6-21(14-19)31-16-17-4-3-11-26-15-17/h2-15,22H,16H2,1H3,(H,28,30). The van der Waals surface area contributed by atoms with Gasteiger partial charge in [-0.05, 0) is 42.0 Å². The number of imidazole rings is 1. The number of rotatable bonds is 7. The Morgan fingerprint density at radius 2 is 1.97 bits per heavy atom. The van der Waals surface area contributed by atoms with E-state index in [2.05, 4.69) is 15.3 Å². The van der Waals surface area contributed by atoms with Gasteiger partial charge in [-0.2, -0.15) is 0 Å². The normalized spacial score (nSPS) is 11.7. The van der Waals surface area contributed by atoms with Gasteiger partial charge in [0.05, 0.1) is 0 Å². The number of carbonyl (C=O) groups is 1. The Morgan fingerprint density at radius 1 is 1.13 bits per heavy atom. The summed E-state index contributed by atoms with van der Waals surface area (Å²) in [6, 6.07) is 16.2. The van der Waals surface area contributed by atoms with Crippen molar-refractivity contribution >= 4 is 5.91 Å². The molecule has 156 valence electrons. The molecule has 0 spiro atoms. The first kappa shape index (κ1) is 20.3. The van der Waals surface area contributed by atoms with Gasteiger partial charge < -0.3 is 14.6 Å². The number of nitrogens with zero attached hydrogens (tertiary/aromatic N) is 3. The molecule has 0 aliphatic rings. The fourth-order valence-electron chi connectivity index (χ4n) is 3.20. The van der Waals surface area contributed by atoms with Gasteiger partial charge in [0, 0.05) is 43.0 Å². The number of nitrogens with one attached hydrogen (secondary N) is 1. The third-order valence-corrected chi connectivity index (χ3v) is 4.82. The van der Waals surface area contributed by atoms with Gasteiger partial charge in [-0.15, -0.1) is 0 Å². The summed E-state index contributed by atoms with van der Waals surface area (Å²) in [5.74, 6) is 0.590. The number of benzene rings is 2. The lowest BCUT2D eigenvalue weighted by atomic mass is 10.0. The van der Waals surface area contributed by atoms with Gasteiger partial charge in [-0.25, -0.2) is 9.37 Å². The smallest absolute Gasteiger partial charge is 0.252 e. The Hall–Kier alpha value is -4.00. The molecule has 1 unspecified atom stereocenters. The fraction of sp³-hybridized carbons (Fsp3) is 0.125. The van der Waals surface area contributed by atoms with E-state index in [4.69, 9.17) is 4.74 Å². The average Bonchev–Trinajstić information content (AvgIpc) is 3.23. The number of amides is 1. The van der Waals surface area contributed by atoms with Crippen LogP contribution in [-0.4, -0.2) is 20.4 Å². The van der Waals surface area contributed by atoms with Crippen molar-refractivity contribution in [1.82, 2.24) is 19.9 Å². The van der Waals surface area contributed by atoms with E-state index in [1.54, 1.807) is 61.2 Å². The number of pyridine rings is 1. The molecular weight excluding hydrogens is 395 g/mol. The largest absolute Gasteiger partial charge is 0.489 e. The minimum Gasteiger partial charge on any atom is -0.489 e. The van der Waals surface area contributed by atoms with Gasteiger partial charge in [0.1, 0.15) is 30.0 Å². The third kappa shape index (κ3) is 4.95. The quantitative estimate of drug-likeness (QED) is 0.493. The number of halogens is 1. The first-order chi connectivity index (χ1) is 15.1. The second-order valence-electron chi connectivity index (χ2n) is 7.03. The van der Waals surface area contributed by atoms with Crippen LogP contribution in [0.2, 0.25) is 0 Å². The monoisotopic (exact) mass is 416 g/mol. The van der Waals surface area contributed by atoms with Crippen molar-refractivity contribution in [2.45, 2.75) is 12.6 Å². The summed E-state index contributed by atoms with van der Waals surface area (Å²) >= 11 is 0. The Bertz CT molecular complexity index is 1160. The van der Waals surface area contributed by atoms with Crippen LogP contribution in [0.1, 0.15) is 33.4 Å². The van der Waals surface area contributed by atoms with Crippen molar-refractivity contribution in [2.75, 3.05) is 0 Å². The fourth-order valence-corrected chi connectivity index (χ4v) is 3.20. The summed E-state index contributed by atoms with van der Waals surface area (Å²) in [5, 5.41) is 3.00. The molecule has 0 radical (unpaired) electrons.